The quantitative estimate of drug-likeness (QED) is 0.297. The highest BCUT2D eigenvalue weighted by Gasteiger charge is 2.41. The maximum absolute atomic E-state index is 13.2. The fourth-order valence-corrected chi connectivity index (χ4v) is 3.69. The molecule has 2 atom stereocenters. The summed E-state index contributed by atoms with van der Waals surface area (Å²) in [6, 6.07) is 19.5. The van der Waals surface area contributed by atoms with Crippen LogP contribution in [-0.2, 0) is 19.1 Å². The molecule has 0 aliphatic rings. The molecule has 35 heavy (non-hydrogen) atoms. The first-order valence-electron chi connectivity index (χ1n) is 10.5. The SMILES string of the molecule is Cc1cccc(C(=O)O[C@H](C(=O)O)[C@H](OC(=O)c2cccc(C)c2)C(=O)Nc2ccccc2I)c1. The summed E-state index contributed by atoms with van der Waals surface area (Å²) in [4.78, 5) is 50.8. The minimum atomic E-state index is -2.10. The van der Waals surface area contributed by atoms with Crippen molar-refractivity contribution in [2.45, 2.75) is 26.1 Å². The number of rotatable bonds is 8. The number of hydrogen-bond acceptors (Lipinski definition) is 6. The predicted molar refractivity (Wildman–Crippen MR) is 136 cm³/mol. The molecule has 3 aromatic carbocycles. The monoisotopic (exact) mass is 587 g/mol. The number of carboxylic acid groups (broad SMARTS) is 1. The number of benzene rings is 3. The van der Waals surface area contributed by atoms with Gasteiger partial charge in [-0.25, -0.2) is 14.4 Å². The summed E-state index contributed by atoms with van der Waals surface area (Å²) in [6.45, 7) is 3.52. The number of aliphatic carboxylic acids is 1. The van der Waals surface area contributed by atoms with Crippen LogP contribution in [0.5, 0.6) is 0 Å². The van der Waals surface area contributed by atoms with Gasteiger partial charge in [-0.3, -0.25) is 4.79 Å². The normalized spacial score (nSPS) is 12.2. The van der Waals surface area contributed by atoms with Crippen LogP contribution in [0.25, 0.3) is 0 Å². The van der Waals surface area contributed by atoms with Crippen molar-refractivity contribution in [1.29, 1.82) is 0 Å². The molecule has 0 bridgehead atoms. The van der Waals surface area contributed by atoms with E-state index in [4.69, 9.17) is 9.47 Å². The molecule has 1 amide bonds. The zero-order chi connectivity index (χ0) is 25.5. The molecule has 0 radical (unpaired) electrons. The fraction of sp³-hybridized carbons (Fsp3) is 0.154. The maximum Gasteiger partial charge on any atom is 0.349 e. The Bertz CT molecular complexity index is 1270. The third-order valence-electron chi connectivity index (χ3n) is 4.88. The summed E-state index contributed by atoms with van der Waals surface area (Å²) in [5.41, 5.74) is 2.11. The topological polar surface area (TPSA) is 119 Å². The summed E-state index contributed by atoms with van der Waals surface area (Å²) in [6.07, 6.45) is -4.07. The van der Waals surface area contributed by atoms with E-state index >= 15 is 0 Å². The zero-order valence-electron chi connectivity index (χ0n) is 18.9. The number of carbonyl (C=O) groups is 4. The minimum absolute atomic E-state index is 0.0954. The second kappa shape index (κ2) is 11.6. The van der Waals surface area contributed by atoms with Gasteiger partial charge < -0.3 is 19.9 Å². The first-order chi connectivity index (χ1) is 16.7. The molecule has 0 heterocycles. The molecule has 0 unspecified atom stereocenters. The first-order valence-corrected chi connectivity index (χ1v) is 11.6. The van der Waals surface area contributed by atoms with Gasteiger partial charge in [-0.15, -0.1) is 0 Å². The zero-order valence-corrected chi connectivity index (χ0v) is 21.0. The average molecular weight is 587 g/mol. The van der Waals surface area contributed by atoms with Crippen LogP contribution in [0.1, 0.15) is 31.8 Å². The van der Waals surface area contributed by atoms with Crippen molar-refractivity contribution in [2.24, 2.45) is 0 Å². The van der Waals surface area contributed by atoms with Gasteiger partial charge >= 0.3 is 17.9 Å². The number of ether oxygens (including phenoxy) is 2. The van der Waals surface area contributed by atoms with E-state index in [1.165, 1.54) is 24.3 Å². The number of amides is 1. The van der Waals surface area contributed by atoms with E-state index in [2.05, 4.69) is 5.32 Å². The van der Waals surface area contributed by atoms with Crippen molar-refractivity contribution >= 4 is 52.1 Å². The van der Waals surface area contributed by atoms with Crippen molar-refractivity contribution in [3.63, 3.8) is 0 Å². The Morgan fingerprint density at radius 1 is 0.771 bits per heavy atom. The Kier molecular flexibility index (Phi) is 8.58. The second-order valence-corrected chi connectivity index (χ2v) is 8.86. The van der Waals surface area contributed by atoms with Crippen LogP contribution in [0.2, 0.25) is 0 Å². The number of aryl methyl sites for hydroxylation is 2. The summed E-state index contributed by atoms with van der Waals surface area (Å²) in [5.74, 6) is -4.51. The summed E-state index contributed by atoms with van der Waals surface area (Å²) in [7, 11) is 0. The highest BCUT2D eigenvalue weighted by Crippen LogP contribution is 2.20. The van der Waals surface area contributed by atoms with Gasteiger partial charge in [0.25, 0.3) is 5.91 Å². The highest BCUT2D eigenvalue weighted by molar-refractivity contribution is 14.1. The Morgan fingerprint density at radius 2 is 1.29 bits per heavy atom. The number of carboxylic acids is 1. The lowest BCUT2D eigenvalue weighted by molar-refractivity contribution is -0.157. The maximum atomic E-state index is 13.2. The molecule has 180 valence electrons. The largest absolute Gasteiger partial charge is 0.478 e. The highest BCUT2D eigenvalue weighted by atomic mass is 127. The molecule has 0 saturated carbocycles. The van der Waals surface area contributed by atoms with Gasteiger partial charge in [0, 0.05) is 3.57 Å². The lowest BCUT2D eigenvalue weighted by Crippen LogP contribution is -2.48. The van der Waals surface area contributed by atoms with Crippen LogP contribution in [0.4, 0.5) is 5.69 Å². The lowest BCUT2D eigenvalue weighted by atomic mass is 10.1. The number of esters is 2. The second-order valence-electron chi connectivity index (χ2n) is 7.70. The molecular formula is C26H22INO7. The Labute approximate surface area is 215 Å². The predicted octanol–water partition coefficient (Wildman–Crippen LogP) is 4.38. The summed E-state index contributed by atoms with van der Waals surface area (Å²) < 4.78 is 11.2. The van der Waals surface area contributed by atoms with E-state index in [0.717, 1.165) is 11.1 Å². The third kappa shape index (κ3) is 6.89. The van der Waals surface area contributed by atoms with E-state index in [9.17, 15) is 24.3 Å². The smallest absolute Gasteiger partial charge is 0.349 e. The van der Waals surface area contributed by atoms with Crippen LogP contribution in [0.15, 0.2) is 72.8 Å². The molecule has 3 aromatic rings. The van der Waals surface area contributed by atoms with Gasteiger partial charge in [0.05, 0.1) is 16.8 Å². The molecule has 2 N–H and O–H groups in total. The number of hydrogen-bond donors (Lipinski definition) is 2. The average Bonchev–Trinajstić information content (AvgIpc) is 2.82. The Balaban J connectivity index is 1.93. The van der Waals surface area contributed by atoms with E-state index in [1.807, 2.05) is 22.6 Å². The fourth-order valence-electron chi connectivity index (χ4n) is 3.17. The van der Waals surface area contributed by atoms with Crippen LogP contribution >= 0.6 is 22.6 Å². The van der Waals surface area contributed by atoms with Crippen LogP contribution in [0.3, 0.4) is 0 Å². The minimum Gasteiger partial charge on any atom is -0.478 e. The van der Waals surface area contributed by atoms with Crippen molar-refractivity contribution in [3.8, 4) is 0 Å². The number of anilines is 1. The first kappa shape index (κ1) is 25.9. The van der Waals surface area contributed by atoms with Gasteiger partial charge in [0.2, 0.25) is 12.2 Å². The van der Waals surface area contributed by atoms with E-state index in [-0.39, 0.29) is 11.1 Å². The molecule has 0 fully saturated rings. The Hall–Kier alpha value is -3.73. The molecule has 8 nitrogen and oxygen atoms in total. The van der Waals surface area contributed by atoms with Crippen molar-refractivity contribution < 1.29 is 33.8 Å². The number of para-hydroxylation sites is 1. The van der Waals surface area contributed by atoms with Gasteiger partial charge in [0.15, 0.2) is 0 Å². The van der Waals surface area contributed by atoms with E-state index in [0.29, 0.717) is 9.26 Å². The van der Waals surface area contributed by atoms with E-state index in [1.54, 1.807) is 62.4 Å². The summed E-state index contributed by atoms with van der Waals surface area (Å²) in [5, 5.41) is 12.4. The molecule has 0 aromatic heterocycles. The molecule has 9 heteroatoms. The van der Waals surface area contributed by atoms with Crippen LogP contribution in [-0.4, -0.2) is 41.1 Å². The van der Waals surface area contributed by atoms with Gasteiger partial charge in [0.1, 0.15) is 0 Å². The number of carbonyl (C=O) groups excluding carboxylic acids is 3. The standard InChI is InChI=1S/C26H22INO7/c1-15-7-5-9-17(13-15)25(32)34-21(23(29)28-20-12-4-3-11-19(20)27)22(24(30)31)35-26(33)18-10-6-8-16(2)14-18/h3-14,21-22H,1-2H3,(H,28,29)(H,30,31)/t21-,22-/m0/s1. The molecule has 3 rings (SSSR count). The molecule has 0 spiro atoms. The summed E-state index contributed by atoms with van der Waals surface area (Å²) >= 11 is 1.99. The van der Waals surface area contributed by atoms with Gasteiger partial charge in [-0.1, -0.05) is 47.5 Å². The van der Waals surface area contributed by atoms with Gasteiger partial charge in [-0.05, 0) is 72.8 Å². The van der Waals surface area contributed by atoms with Crippen LogP contribution in [0, 0.1) is 17.4 Å². The van der Waals surface area contributed by atoms with E-state index < -0.39 is 36.0 Å². The van der Waals surface area contributed by atoms with Crippen molar-refractivity contribution in [2.75, 3.05) is 5.32 Å². The molecule has 0 aliphatic heterocycles. The van der Waals surface area contributed by atoms with Crippen LogP contribution < -0.4 is 5.32 Å². The number of halogens is 1. The molecule has 0 aliphatic carbocycles. The molecule has 0 saturated heterocycles. The lowest BCUT2D eigenvalue weighted by Gasteiger charge is -2.24. The third-order valence-corrected chi connectivity index (χ3v) is 5.82. The van der Waals surface area contributed by atoms with Crippen molar-refractivity contribution in [3.05, 3.63) is 98.6 Å². The number of nitrogens with one attached hydrogen (secondary N) is 1. The molecular weight excluding hydrogens is 565 g/mol. The van der Waals surface area contributed by atoms with Gasteiger partial charge in [-0.2, -0.15) is 0 Å². The Morgan fingerprint density at radius 3 is 1.77 bits per heavy atom. The van der Waals surface area contributed by atoms with Crippen molar-refractivity contribution in [1.82, 2.24) is 0 Å².